The number of nitrogens with zero attached hydrogens (tertiary/aromatic N) is 2. The minimum absolute atomic E-state index is 0.0995. The number of carbonyl (C=O) groups excluding carboxylic acids is 1. The Balaban J connectivity index is 2.36. The third kappa shape index (κ3) is 1.99. The molecule has 1 aromatic rings. The SMILES string of the molecule is CCC1C(=O)N(c2cccc(C(=O)O)c2)N=C1C. The van der Waals surface area contributed by atoms with Crippen LogP contribution in [0.4, 0.5) is 5.69 Å². The summed E-state index contributed by atoms with van der Waals surface area (Å²) in [7, 11) is 0. The molecule has 1 unspecified atom stereocenters. The van der Waals surface area contributed by atoms with Gasteiger partial charge in [0.25, 0.3) is 5.91 Å². The van der Waals surface area contributed by atoms with Crippen LogP contribution in [0.25, 0.3) is 0 Å². The van der Waals surface area contributed by atoms with Gasteiger partial charge in [0, 0.05) is 5.71 Å². The molecule has 18 heavy (non-hydrogen) atoms. The molecule has 1 amide bonds. The second kappa shape index (κ2) is 4.60. The summed E-state index contributed by atoms with van der Waals surface area (Å²) in [5, 5.41) is 14.4. The maximum absolute atomic E-state index is 12.1. The molecule has 1 heterocycles. The van der Waals surface area contributed by atoms with E-state index in [2.05, 4.69) is 5.10 Å². The maximum atomic E-state index is 12.1. The molecule has 1 aliphatic rings. The molecule has 0 spiro atoms. The number of carboxylic acid groups (broad SMARTS) is 1. The predicted molar refractivity (Wildman–Crippen MR) is 67.8 cm³/mol. The molecule has 94 valence electrons. The zero-order chi connectivity index (χ0) is 13.3. The highest BCUT2D eigenvalue weighted by Gasteiger charge is 2.32. The highest BCUT2D eigenvalue weighted by Crippen LogP contribution is 2.26. The number of hydrogen-bond acceptors (Lipinski definition) is 3. The first-order valence-electron chi connectivity index (χ1n) is 5.77. The quantitative estimate of drug-likeness (QED) is 0.888. The van der Waals surface area contributed by atoms with Gasteiger partial charge in [0.2, 0.25) is 0 Å². The van der Waals surface area contributed by atoms with Gasteiger partial charge in [-0.3, -0.25) is 4.79 Å². The summed E-state index contributed by atoms with van der Waals surface area (Å²) in [5.74, 6) is -1.31. The number of carbonyl (C=O) groups is 2. The monoisotopic (exact) mass is 246 g/mol. The van der Waals surface area contributed by atoms with E-state index in [0.717, 1.165) is 5.71 Å². The van der Waals surface area contributed by atoms with Crippen molar-refractivity contribution < 1.29 is 14.7 Å². The molecule has 0 fully saturated rings. The van der Waals surface area contributed by atoms with E-state index in [0.29, 0.717) is 12.1 Å². The lowest BCUT2D eigenvalue weighted by atomic mass is 10.0. The smallest absolute Gasteiger partial charge is 0.335 e. The van der Waals surface area contributed by atoms with E-state index in [4.69, 9.17) is 5.11 Å². The number of rotatable bonds is 3. The first-order valence-corrected chi connectivity index (χ1v) is 5.77. The summed E-state index contributed by atoms with van der Waals surface area (Å²) >= 11 is 0. The molecule has 1 aromatic carbocycles. The first-order chi connectivity index (χ1) is 8.54. The van der Waals surface area contributed by atoms with Crippen molar-refractivity contribution in [1.29, 1.82) is 0 Å². The Hall–Kier alpha value is -2.17. The van der Waals surface area contributed by atoms with E-state index in [-0.39, 0.29) is 17.4 Å². The molecule has 0 saturated heterocycles. The average Bonchev–Trinajstić information content (AvgIpc) is 2.64. The van der Waals surface area contributed by atoms with Crippen molar-refractivity contribution in [3.63, 3.8) is 0 Å². The number of anilines is 1. The van der Waals surface area contributed by atoms with E-state index in [1.54, 1.807) is 12.1 Å². The van der Waals surface area contributed by atoms with Gasteiger partial charge >= 0.3 is 5.97 Å². The fraction of sp³-hybridized carbons (Fsp3) is 0.308. The molecule has 1 aliphatic heterocycles. The van der Waals surface area contributed by atoms with Gasteiger partial charge in [0.1, 0.15) is 0 Å². The molecule has 0 aromatic heterocycles. The number of hydrazone groups is 1. The van der Waals surface area contributed by atoms with Gasteiger partial charge in [-0.05, 0) is 31.5 Å². The number of hydrogen-bond donors (Lipinski definition) is 1. The highest BCUT2D eigenvalue weighted by atomic mass is 16.4. The van der Waals surface area contributed by atoms with Crippen LogP contribution in [0, 0.1) is 5.92 Å². The third-order valence-electron chi connectivity index (χ3n) is 3.01. The van der Waals surface area contributed by atoms with Crippen LogP contribution in [-0.2, 0) is 4.79 Å². The van der Waals surface area contributed by atoms with Crippen LogP contribution < -0.4 is 5.01 Å². The minimum atomic E-state index is -1.02. The van der Waals surface area contributed by atoms with E-state index in [1.807, 2.05) is 13.8 Å². The molecule has 1 atom stereocenters. The van der Waals surface area contributed by atoms with Crippen LogP contribution in [0.2, 0.25) is 0 Å². The number of benzene rings is 1. The second-order valence-corrected chi connectivity index (χ2v) is 4.21. The lowest BCUT2D eigenvalue weighted by Gasteiger charge is -2.13. The molecule has 5 nitrogen and oxygen atoms in total. The van der Waals surface area contributed by atoms with Crippen molar-refractivity contribution >= 4 is 23.3 Å². The van der Waals surface area contributed by atoms with Crippen LogP contribution >= 0.6 is 0 Å². The lowest BCUT2D eigenvalue weighted by Crippen LogP contribution is -2.26. The van der Waals surface area contributed by atoms with Gasteiger partial charge in [0.15, 0.2) is 0 Å². The van der Waals surface area contributed by atoms with Crippen LogP contribution in [0.15, 0.2) is 29.4 Å². The zero-order valence-corrected chi connectivity index (χ0v) is 10.3. The molecular formula is C13H14N2O3. The largest absolute Gasteiger partial charge is 0.478 e. The fourth-order valence-corrected chi connectivity index (χ4v) is 2.03. The van der Waals surface area contributed by atoms with Gasteiger partial charge < -0.3 is 5.11 Å². The molecule has 1 N–H and O–H groups in total. The van der Waals surface area contributed by atoms with E-state index in [1.165, 1.54) is 17.1 Å². The highest BCUT2D eigenvalue weighted by molar-refractivity contribution is 6.14. The standard InChI is InChI=1S/C13H14N2O3/c1-3-11-8(2)14-15(12(11)16)10-6-4-5-9(7-10)13(17)18/h4-7,11H,3H2,1-2H3,(H,17,18). The Labute approximate surface area is 105 Å². The molecule has 5 heteroatoms. The van der Waals surface area contributed by atoms with Crippen molar-refractivity contribution in [3.8, 4) is 0 Å². The van der Waals surface area contributed by atoms with Crippen LogP contribution in [0.3, 0.4) is 0 Å². The third-order valence-corrected chi connectivity index (χ3v) is 3.01. The topological polar surface area (TPSA) is 70.0 Å². The molecule has 0 saturated carbocycles. The summed E-state index contributed by atoms with van der Waals surface area (Å²) in [6.07, 6.45) is 0.698. The van der Waals surface area contributed by atoms with Gasteiger partial charge in [-0.2, -0.15) is 5.10 Å². The first kappa shape index (κ1) is 12.3. The predicted octanol–water partition coefficient (Wildman–Crippen LogP) is 2.13. The molecular weight excluding hydrogens is 232 g/mol. The minimum Gasteiger partial charge on any atom is -0.478 e. The summed E-state index contributed by atoms with van der Waals surface area (Å²) in [6, 6.07) is 6.23. The number of carboxylic acids is 1. The van der Waals surface area contributed by atoms with E-state index >= 15 is 0 Å². The summed E-state index contributed by atoms with van der Waals surface area (Å²) in [6.45, 7) is 3.74. The normalized spacial score (nSPS) is 19.0. The van der Waals surface area contributed by atoms with Gasteiger partial charge in [-0.25, -0.2) is 9.80 Å². The summed E-state index contributed by atoms with van der Waals surface area (Å²) < 4.78 is 0. The van der Waals surface area contributed by atoms with Gasteiger partial charge in [0.05, 0.1) is 17.2 Å². The van der Waals surface area contributed by atoms with Gasteiger partial charge in [-0.15, -0.1) is 0 Å². The number of amides is 1. The van der Waals surface area contributed by atoms with E-state index < -0.39 is 5.97 Å². The van der Waals surface area contributed by atoms with Crippen molar-refractivity contribution in [1.82, 2.24) is 0 Å². The zero-order valence-electron chi connectivity index (χ0n) is 10.3. The van der Waals surface area contributed by atoms with Crippen molar-refractivity contribution in [3.05, 3.63) is 29.8 Å². The van der Waals surface area contributed by atoms with Crippen LogP contribution in [0.1, 0.15) is 30.6 Å². The average molecular weight is 246 g/mol. The molecule has 0 radical (unpaired) electrons. The Morgan fingerprint density at radius 2 is 2.22 bits per heavy atom. The van der Waals surface area contributed by atoms with Crippen molar-refractivity contribution in [2.75, 3.05) is 5.01 Å². The van der Waals surface area contributed by atoms with Gasteiger partial charge in [-0.1, -0.05) is 13.0 Å². The maximum Gasteiger partial charge on any atom is 0.335 e. The molecule has 0 bridgehead atoms. The second-order valence-electron chi connectivity index (χ2n) is 4.21. The fourth-order valence-electron chi connectivity index (χ4n) is 2.03. The molecule has 0 aliphatic carbocycles. The Kier molecular flexibility index (Phi) is 3.14. The summed E-state index contributed by atoms with van der Waals surface area (Å²) in [4.78, 5) is 23.0. The summed E-state index contributed by atoms with van der Waals surface area (Å²) in [5.41, 5.74) is 1.41. The van der Waals surface area contributed by atoms with E-state index in [9.17, 15) is 9.59 Å². The Morgan fingerprint density at radius 3 is 2.78 bits per heavy atom. The Morgan fingerprint density at radius 1 is 1.50 bits per heavy atom. The van der Waals surface area contributed by atoms with Crippen molar-refractivity contribution in [2.24, 2.45) is 11.0 Å². The Bertz CT molecular complexity index is 537. The van der Waals surface area contributed by atoms with Crippen LogP contribution in [0.5, 0.6) is 0 Å². The van der Waals surface area contributed by atoms with Crippen molar-refractivity contribution in [2.45, 2.75) is 20.3 Å². The lowest BCUT2D eigenvalue weighted by molar-refractivity contribution is -0.119. The van der Waals surface area contributed by atoms with Crippen LogP contribution in [-0.4, -0.2) is 22.7 Å². The number of aromatic carboxylic acids is 1. The molecule has 2 rings (SSSR count).